The Kier molecular flexibility index (Phi) is 7.37. The van der Waals surface area contributed by atoms with Crippen molar-refractivity contribution in [1.29, 1.82) is 0 Å². The van der Waals surface area contributed by atoms with Crippen molar-refractivity contribution >= 4 is 51.8 Å². The summed E-state index contributed by atoms with van der Waals surface area (Å²) in [6.45, 7) is 0. The normalized spacial score (nSPS) is 13.6. The lowest BCUT2D eigenvalue weighted by atomic mass is 10.0. The molecule has 6 nitrogen and oxygen atoms in total. The van der Waals surface area contributed by atoms with Gasteiger partial charge in [-0.3, -0.25) is 14.5 Å². The molecular weight excluding hydrogens is 572 g/mol. The number of ether oxygens (including phenoxy) is 1. The number of primary amides is 1. The zero-order chi connectivity index (χ0) is 24.4. The van der Waals surface area contributed by atoms with E-state index in [1.165, 1.54) is 30.1 Å². The molecule has 1 fully saturated rings. The maximum atomic E-state index is 14.4. The van der Waals surface area contributed by atoms with Crippen molar-refractivity contribution < 1.29 is 18.7 Å². The quantitative estimate of drug-likeness (QED) is 0.364. The zero-order valence-electron chi connectivity index (χ0n) is 18.4. The van der Waals surface area contributed by atoms with Crippen molar-refractivity contribution in [2.45, 2.75) is 31.8 Å². The van der Waals surface area contributed by atoms with Crippen LogP contribution in [0.4, 0.5) is 10.2 Å². The smallest absolute Gasteiger partial charge is 0.263 e. The van der Waals surface area contributed by atoms with E-state index >= 15 is 0 Å². The molecule has 34 heavy (non-hydrogen) atoms. The minimum Gasteiger partial charge on any atom is -0.487 e. The third-order valence-corrected chi connectivity index (χ3v) is 7.05. The molecule has 0 unspecified atom stereocenters. The summed E-state index contributed by atoms with van der Waals surface area (Å²) in [5, 5.41) is 0.0181. The van der Waals surface area contributed by atoms with Gasteiger partial charge in [0.2, 0.25) is 5.91 Å². The molecule has 0 atom stereocenters. The van der Waals surface area contributed by atoms with Crippen LogP contribution in [0.15, 0.2) is 48.7 Å². The molecule has 0 radical (unpaired) electrons. The number of carbonyl (C=O) groups is 2. The van der Waals surface area contributed by atoms with Crippen LogP contribution in [-0.4, -0.2) is 29.9 Å². The molecule has 2 N–H and O–H groups in total. The van der Waals surface area contributed by atoms with Crippen LogP contribution >= 0.6 is 34.2 Å². The molecule has 0 saturated heterocycles. The van der Waals surface area contributed by atoms with Gasteiger partial charge in [0, 0.05) is 27.9 Å². The van der Waals surface area contributed by atoms with Gasteiger partial charge >= 0.3 is 0 Å². The summed E-state index contributed by atoms with van der Waals surface area (Å²) in [6.07, 6.45) is 5.50. The Morgan fingerprint density at radius 2 is 1.94 bits per heavy atom. The number of nitrogens with zero attached hydrogens (tertiary/aromatic N) is 2. The van der Waals surface area contributed by atoms with Gasteiger partial charge in [-0.15, -0.1) is 0 Å². The van der Waals surface area contributed by atoms with Crippen LogP contribution in [0.1, 0.15) is 46.4 Å². The number of hydrogen-bond acceptors (Lipinski definition) is 4. The van der Waals surface area contributed by atoms with E-state index in [1.54, 1.807) is 30.5 Å². The lowest BCUT2D eigenvalue weighted by Crippen LogP contribution is -2.29. The number of carbonyl (C=O) groups excluding carboxylic acids is 2. The predicted molar refractivity (Wildman–Crippen MR) is 138 cm³/mol. The minimum absolute atomic E-state index is 0.00706. The second-order valence-electron chi connectivity index (χ2n) is 8.09. The van der Waals surface area contributed by atoms with E-state index in [2.05, 4.69) is 27.6 Å². The van der Waals surface area contributed by atoms with Crippen LogP contribution in [0.5, 0.6) is 5.75 Å². The van der Waals surface area contributed by atoms with E-state index in [-0.39, 0.29) is 22.5 Å². The lowest BCUT2D eigenvalue weighted by Gasteiger charge is -2.23. The highest BCUT2D eigenvalue weighted by Crippen LogP contribution is 2.36. The Morgan fingerprint density at radius 3 is 2.62 bits per heavy atom. The number of amides is 2. The van der Waals surface area contributed by atoms with E-state index in [9.17, 15) is 14.0 Å². The molecule has 4 rings (SSSR count). The van der Waals surface area contributed by atoms with Gasteiger partial charge in [0.25, 0.3) is 5.91 Å². The van der Waals surface area contributed by atoms with Gasteiger partial charge in [0.15, 0.2) is 11.6 Å². The first kappa shape index (κ1) is 24.4. The molecule has 1 aromatic heterocycles. The maximum absolute atomic E-state index is 14.4. The van der Waals surface area contributed by atoms with E-state index < -0.39 is 17.6 Å². The fraction of sp³-hybridized carbons (Fsp3) is 0.240. The molecular formula is C25H22ClFIN3O3. The van der Waals surface area contributed by atoms with Gasteiger partial charge < -0.3 is 10.5 Å². The lowest BCUT2D eigenvalue weighted by molar-refractivity contribution is 0.0983. The van der Waals surface area contributed by atoms with Gasteiger partial charge in [0.1, 0.15) is 5.82 Å². The summed E-state index contributed by atoms with van der Waals surface area (Å²) in [6, 6.07) is 11.0. The molecule has 3 aromatic rings. The first-order valence-corrected chi connectivity index (χ1v) is 12.2. The Hall–Kier alpha value is -2.72. The average molecular weight is 594 g/mol. The van der Waals surface area contributed by atoms with Crippen molar-refractivity contribution in [3.63, 3.8) is 0 Å². The van der Waals surface area contributed by atoms with E-state index in [0.29, 0.717) is 16.9 Å². The van der Waals surface area contributed by atoms with Crippen LogP contribution in [0.3, 0.4) is 0 Å². The third kappa shape index (κ3) is 5.02. The topological polar surface area (TPSA) is 85.5 Å². The van der Waals surface area contributed by atoms with Gasteiger partial charge in [-0.05, 0) is 90.2 Å². The molecule has 2 aromatic carbocycles. The molecule has 0 aliphatic heterocycles. The van der Waals surface area contributed by atoms with Crippen molar-refractivity contribution in [2.24, 2.45) is 5.73 Å². The number of aromatic nitrogens is 1. The zero-order valence-corrected chi connectivity index (χ0v) is 21.3. The highest BCUT2D eigenvalue weighted by Gasteiger charge is 2.26. The largest absolute Gasteiger partial charge is 0.487 e. The fourth-order valence-electron chi connectivity index (χ4n) is 3.97. The number of rotatable bonds is 6. The van der Waals surface area contributed by atoms with E-state index in [4.69, 9.17) is 22.1 Å². The molecule has 176 valence electrons. The van der Waals surface area contributed by atoms with Crippen LogP contribution in [-0.2, 0) is 0 Å². The summed E-state index contributed by atoms with van der Waals surface area (Å²) >= 11 is 8.29. The van der Waals surface area contributed by atoms with Crippen molar-refractivity contribution in [3.8, 4) is 16.9 Å². The molecule has 1 heterocycles. The van der Waals surface area contributed by atoms with Gasteiger partial charge in [-0.25, -0.2) is 9.37 Å². The van der Waals surface area contributed by atoms with Crippen molar-refractivity contribution in [2.75, 3.05) is 11.9 Å². The van der Waals surface area contributed by atoms with E-state index in [1.807, 2.05) is 0 Å². The monoisotopic (exact) mass is 593 g/mol. The van der Waals surface area contributed by atoms with Gasteiger partial charge in [-0.2, -0.15) is 0 Å². The van der Waals surface area contributed by atoms with Gasteiger partial charge in [-0.1, -0.05) is 17.7 Å². The Bertz CT molecular complexity index is 1240. The highest BCUT2D eigenvalue weighted by molar-refractivity contribution is 14.1. The standard InChI is InChI=1S/C25H22ClFIN3O3/c1-31(25(33)22-18(26)7-4-8-19(22)27)24-21(34-16-5-2-3-6-16)12-15(13-30-24)17-11-14(23(29)32)9-10-20(17)28/h4,7-13,16H,2-3,5-6H2,1H3,(H2,29,32). The summed E-state index contributed by atoms with van der Waals surface area (Å²) in [4.78, 5) is 30.6. The highest BCUT2D eigenvalue weighted by atomic mass is 127. The fourth-order valence-corrected chi connectivity index (χ4v) is 4.87. The summed E-state index contributed by atoms with van der Waals surface area (Å²) in [5.41, 5.74) is 7.07. The van der Waals surface area contributed by atoms with Crippen LogP contribution in [0.2, 0.25) is 5.02 Å². The van der Waals surface area contributed by atoms with Crippen LogP contribution < -0.4 is 15.4 Å². The molecule has 1 saturated carbocycles. The van der Waals surface area contributed by atoms with Crippen molar-refractivity contribution in [1.82, 2.24) is 4.98 Å². The number of benzene rings is 2. The molecule has 0 spiro atoms. The number of pyridine rings is 1. The summed E-state index contributed by atoms with van der Waals surface area (Å²) in [7, 11) is 1.51. The Morgan fingerprint density at radius 1 is 1.21 bits per heavy atom. The van der Waals surface area contributed by atoms with Crippen LogP contribution in [0.25, 0.3) is 11.1 Å². The van der Waals surface area contributed by atoms with E-state index in [0.717, 1.165) is 34.8 Å². The molecule has 0 bridgehead atoms. The predicted octanol–water partition coefficient (Wildman–Crippen LogP) is 5.84. The molecule has 1 aliphatic carbocycles. The second-order valence-corrected chi connectivity index (χ2v) is 9.66. The number of hydrogen-bond donors (Lipinski definition) is 1. The number of halogens is 3. The van der Waals surface area contributed by atoms with Crippen LogP contribution in [0, 0.1) is 9.39 Å². The second kappa shape index (κ2) is 10.3. The Labute approximate surface area is 215 Å². The SMILES string of the molecule is CN(C(=O)c1c(F)cccc1Cl)c1ncc(-c2cc(C(N)=O)ccc2I)cc1OC1CCCC1. The van der Waals surface area contributed by atoms with Gasteiger partial charge in [0.05, 0.1) is 16.7 Å². The molecule has 9 heteroatoms. The Balaban J connectivity index is 1.78. The maximum Gasteiger partial charge on any atom is 0.263 e. The summed E-state index contributed by atoms with van der Waals surface area (Å²) < 4.78 is 21.6. The first-order valence-electron chi connectivity index (χ1n) is 10.7. The minimum atomic E-state index is -0.711. The summed E-state index contributed by atoms with van der Waals surface area (Å²) in [5.74, 6) is -1.23. The average Bonchev–Trinajstić information content (AvgIpc) is 3.31. The third-order valence-electron chi connectivity index (χ3n) is 5.79. The van der Waals surface area contributed by atoms with Crippen molar-refractivity contribution in [3.05, 3.63) is 74.2 Å². The first-order chi connectivity index (χ1) is 16.3. The number of nitrogens with two attached hydrogens (primary N) is 1. The molecule has 1 aliphatic rings. The number of anilines is 1. The molecule has 2 amide bonds.